The van der Waals surface area contributed by atoms with E-state index in [4.69, 9.17) is 20.3 Å². The van der Waals surface area contributed by atoms with Crippen molar-refractivity contribution in [2.24, 2.45) is 5.73 Å². The van der Waals surface area contributed by atoms with Gasteiger partial charge in [0.1, 0.15) is 5.92 Å². The largest absolute Gasteiger partial charge is 0.505 e. The van der Waals surface area contributed by atoms with E-state index >= 15 is 0 Å². The Bertz CT molecular complexity index is 463. The van der Waals surface area contributed by atoms with Crippen LogP contribution in [0.25, 0.3) is 0 Å². The van der Waals surface area contributed by atoms with Crippen molar-refractivity contribution in [2.75, 3.05) is 20.8 Å². The highest BCUT2D eigenvalue weighted by Crippen LogP contribution is 2.41. The van der Waals surface area contributed by atoms with Gasteiger partial charge in [0.25, 0.3) is 0 Å². The Morgan fingerprint density at radius 2 is 2.11 bits per heavy atom. The van der Waals surface area contributed by atoms with Crippen LogP contribution in [0.4, 0.5) is 4.39 Å². The molecule has 1 aromatic rings. The van der Waals surface area contributed by atoms with Crippen molar-refractivity contribution in [3.63, 3.8) is 0 Å². The highest BCUT2D eigenvalue weighted by atomic mass is 19.1. The molecule has 0 saturated carbocycles. The van der Waals surface area contributed by atoms with Gasteiger partial charge < -0.3 is 25.4 Å². The third-order valence-electron chi connectivity index (χ3n) is 2.50. The number of benzene rings is 1. The van der Waals surface area contributed by atoms with E-state index in [0.717, 1.165) is 6.07 Å². The van der Waals surface area contributed by atoms with Gasteiger partial charge in [0.05, 0.1) is 19.8 Å². The maximum absolute atomic E-state index is 13.9. The van der Waals surface area contributed by atoms with Gasteiger partial charge in [-0.25, -0.2) is 4.39 Å². The number of hydrogen-bond acceptors (Lipinski definition) is 5. The third-order valence-corrected chi connectivity index (χ3v) is 2.50. The highest BCUT2D eigenvalue weighted by Gasteiger charge is 2.30. The first-order valence-electron chi connectivity index (χ1n) is 5.04. The van der Waals surface area contributed by atoms with Gasteiger partial charge in [0.15, 0.2) is 23.1 Å². The van der Waals surface area contributed by atoms with Gasteiger partial charge in [-0.15, -0.1) is 0 Å². The molecule has 0 aliphatic heterocycles. The summed E-state index contributed by atoms with van der Waals surface area (Å²) in [4.78, 5) is 11.0. The predicted molar refractivity (Wildman–Crippen MR) is 60.6 cm³/mol. The van der Waals surface area contributed by atoms with Gasteiger partial charge in [-0.05, 0) is 0 Å². The minimum atomic E-state index is -1.33. The van der Waals surface area contributed by atoms with Crippen LogP contribution in [-0.4, -0.2) is 36.9 Å². The van der Waals surface area contributed by atoms with Crippen molar-refractivity contribution >= 4 is 5.97 Å². The van der Waals surface area contributed by atoms with Gasteiger partial charge in [-0.3, -0.25) is 4.79 Å². The summed E-state index contributed by atoms with van der Waals surface area (Å²) < 4.78 is 23.7. The molecular formula is C11H14FNO5. The quantitative estimate of drug-likeness (QED) is 0.718. The van der Waals surface area contributed by atoms with E-state index < -0.39 is 23.5 Å². The Kier molecular flexibility index (Phi) is 4.33. The van der Waals surface area contributed by atoms with Crippen molar-refractivity contribution in [1.29, 1.82) is 0 Å². The zero-order valence-electron chi connectivity index (χ0n) is 9.94. The van der Waals surface area contributed by atoms with E-state index in [9.17, 15) is 14.3 Å². The summed E-state index contributed by atoms with van der Waals surface area (Å²) in [5, 5.41) is 18.4. The number of halogens is 1. The summed E-state index contributed by atoms with van der Waals surface area (Å²) in [6.45, 7) is -0.338. The van der Waals surface area contributed by atoms with Crippen LogP contribution in [0.15, 0.2) is 6.07 Å². The Balaban J connectivity index is 3.57. The number of carboxylic acid groups (broad SMARTS) is 1. The van der Waals surface area contributed by atoms with Gasteiger partial charge in [-0.1, -0.05) is 0 Å². The topological polar surface area (TPSA) is 102 Å². The number of carboxylic acids is 1. The second-order valence-corrected chi connectivity index (χ2v) is 3.49. The monoisotopic (exact) mass is 259 g/mol. The highest BCUT2D eigenvalue weighted by molar-refractivity contribution is 5.79. The molecule has 0 heterocycles. The molecule has 1 rings (SSSR count). The Hall–Kier alpha value is -2.02. The first-order chi connectivity index (χ1) is 8.47. The number of nitrogens with two attached hydrogens (primary N) is 1. The normalized spacial score (nSPS) is 12.0. The summed E-state index contributed by atoms with van der Waals surface area (Å²) >= 11 is 0. The molecule has 4 N–H and O–H groups in total. The molecule has 0 aliphatic carbocycles. The first-order valence-corrected chi connectivity index (χ1v) is 5.04. The molecular weight excluding hydrogens is 245 g/mol. The molecule has 0 amide bonds. The van der Waals surface area contributed by atoms with Crippen molar-refractivity contribution < 1.29 is 28.9 Å². The van der Waals surface area contributed by atoms with Crippen LogP contribution in [0.2, 0.25) is 0 Å². The minimum absolute atomic E-state index is 0.0334. The van der Waals surface area contributed by atoms with E-state index in [1.54, 1.807) is 0 Å². The van der Waals surface area contributed by atoms with E-state index in [1.165, 1.54) is 14.2 Å². The number of carbonyl (C=O) groups is 1. The second kappa shape index (κ2) is 5.54. The summed E-state index contributed by atoms with van der Waals surface area (Å²) in [7, 11) is 2.53. The lowest BCUT2D eigenvalue weighted by atomic mass is 9.96. The standard InChI is InChI=1S/C11H14FNO5/c1-17-7-3-6(14)9(12)8(10(7)18-2)5(4-13)11(15)16/h3,5,14H,4,13H2,1-2H3,(H,15,16). The fourth-order valence-corrected chi connectivity index (χ4v) is 1.64. The molecule has 18 heavy (non-hydrogen) atoms. The van der Waals surface area contributed by atoms with Crippen molar-refractivity contribution in [2.45, 2.75) is 5.92 Å². The lowest BCUT2D eigenvalue weighted by molar-refractivity contribution is -0.138. The zero-order chi connectivity index (χ0) is 13.9. The molecule has 1 aromatic carbocycles. The number of methoxy groups -OCH3 is 2. The lowest BCUT2D eigenvalue weighted by Crippen LogP contribution is -2.23. The van der Waals surface area contributed by atoms with Crippen molar-refractivity contribution in [3.05, 3.63) is 17.4 Å². The number of rotatable bonds is 5. The minimum Gasteiger partial charge on any atom is -0.505 e. The molecule has 0 aromatic heterocycles. The van der Waals surface area contributed by atoms with Gasteiger partial charge in [0, 0.05) is 12.6 Å². The maximum atomic E-state index is 13.9. The summed E-state index contributed by atoms with van der Waals surface area (Å²) in [5.74, 6) is -4.51. The smallest absolute Gasteiger partial charge is 0.312 e. The van der Waals surface area contributed by atoms with Gasteiger partial charge >= 0.3 is 5.97 Å². The van der Waals surface area contributed by atoms with Crippen LogP contribution in [-0.2, 0) is 4.79 Å². The number of hydrogen-bond donors (Lipinski definition) is 3. The molecule has 0 bridgehead atoms. The Morgan fingerprint density at radius 1 is 1.50 bits per heavy atom. The average molecular weight is 259 g/mol. The second-order valence-electron chi connectivity index (χ2n) is 3.49. The number of aromatic hydroxyl groups is 1. The van der Waals surface area contributed by atoms with Crippen molar-refractivity contribution in [3.8, 4) is 17.2 Å². The molecule has 0 saturated heterocycles. The average Bonchev–Trinajstić information content (AvgIpc) is 2.34. The SMILES string of the molecule is COc1cc(O)c(F)c(C(CN)C(=O)O)c1OC. The maximum Gasteiger partial charge on any atom is 0.312 e. The lowest BCUT2D eigenvalue weighted by Gasteiger charge is -2.18. The molecule has 100 valence electrons. The van der Waals surface area contributed by atoms with Crippen LogP contribution in [0.1, 0.15) is 11.5 Å². The molecule has 0 spiro atoms. The summed E-state index contributed by atoms with van der Waals surface area (Å²) in [5.41, 5.74) is 4.99. The van der Waals surface area contributed by atoms with Crippen LogP contribution < -0.4 is 15.2 Å². The van der Waals surface area contributed by atoms with Crippen LogP contribution in [0.5, 0.6) is 17.2 Å². The van der Waals surface area contributed by atoms with Gasteiger partial charge in [-0.2, -0.15) is 0 Å². The van der Waals surface area contributed by atoms with E-state index in [2.05, 4.69) is 0 Å². The first kappa shape index (κ1) is 14.0. The number of ether oxygens (including phenoxy) is 2. The molecule has 6 nitrogen and oxygen atoms in total. The van der Waals surface area contributed by atoms with Crippen LogP contribution in [0, 0.1) is 5.82 Å². The number of phenolic OH excluding ortho intramolecular Hbond substituents is 1. The zero-order valence-corrected chi connectivity index (χ0v) is 9.94. The third kappa shape index (κ3) is 2.30. The predicted octanol–water partition coefficient (Wildman–Crippen LogP) is 0.675. The van der Waals surface area contributed by atoms with Crippen molar-refractivity contribution in [1.82, 2.24) is 0 Å². The fraction of sp³-hybridized carbons (Fsp3) is 0.364. The molecule has 0 radical (unpaired) electrons. The molecule has 0 aliphatic rings. The van der Waals surface area contributed by atoms with E-state index in [0.29, 0.717) is 0 Å². The molecule has 1 unspecified atom stereocenters. The number of aliphatic carboxylic acids is 1. The number of phenols is 1. The van der Waals surface area contributed by atoms with E-state index in [1.807, 2.05) is 0 Å². The summed E-state index contributed by atoms with van der Waals surface area (Å²) in [6, 6.07) is 1.01. The molecule has 0 fully saturated rings. The van der Waals surface area contributed by atoms with E-state index in [-0.39, 0.29) is 23.6 Å². The Morgan fingerprint density at radius 3 is 2.50 bits per heavy atom. The van der Waals surface area contributed by atoms with Crippen LogP contribution >= 0.6 is 0 Å². The molecule has 7 heteroatoms. The van der Waals surface area contributed by atoms with Gasteiger partial charge in [0.2, 0.25) is 0 Å². The Labute approximate surface area is 103 Å². The fourth-order valence-electron chi connectivity index (χ4n) is 1.64. The summed E-state index contributed by atoms with van der Waals surface area (Å²) in [6.07, 6.45) is 0. The molecule has 1 atom stereocenters. The van der Waals surface area contributed by atoms with Crippen LogP contribution in [0.3, 0.4) is 0 Å².